The average Bonchev–Trinajstić information content (AvgIpc) is 2.57. The second-order valence-electron chi connectivity index (χ2n) is 4.91. The van der Waals surface area contributed by atoms with Gasteiger partial charge < -0.3 is 5.11 Å². The summed E-state index contributed by atoms with van der Waals surface area (Å²) >= 11 is 1.30. The molecule has 0 atom stereocenters. The van der Waals surface area contributed by atoms with E-state index in [9.17, 15) is 9.90 Å². The molecule has 0 bridgehead atoms. The monoisotopic (exact) mass is 249 g/mol. The average molecular weight is 249 g/mol. The topological polar surface area (TPSA) is 42.2 Å². The van der Waals surface area contributed by atoms with Crippen molar-refractivity contribution < 1.29 is 5.11 Å². The smallest absolute Gasteiger partial charge is 0.303 e. The Morgan fingerprint density at radius 1 is 1.18 bits per heavy atom. The maximum Gasteiger partial charge on any atom is 0.303 e. The van der Waals surface area contributed by atoms with Gasteiger partial charge in [-0.2, -0.15) is 0 Å². The maximum atomic E-state index is 11.9. The number of rotatable bonds is 1. The largest absolute Gasteiger partial charge is 0.502 e. The van der Waals surface area contributed by atoms with E-state index in [0.29, 0.717) is 4.88 Å². The molecule has 0 saturated heterocycles. The van der Waals surface area contributed by atoms with Gasteiger partial charge in [-0.25, -0.2) is 0 Å². The van der Waals surface area contributed by atoms with E-state index in [0.717, 1.165) is 5.56 Å². The van der Waals surface area contributed by atoms with Crippen molar-refractivity contribution in [3.63, 3.8) is 0 Å². The van der Waals surface area contributed by atoms with Crippen LogP contribution in [0.1, 0.15) is 20.8 Å². The van der Waals surface area contributed by atoms with Gasteiger partial charge in [-0.15, -0.1) is 0 Å². The number of benzene rings is 1. The van der Waals surface area contributed by atoms with Crippen LogP contribution in [0.5, 0.6) is 5.75 Å². The van der Waals surface area contributed by atoms with Crippen molar-refractivity contribution in [3.8, 4) is 16.2 Å². The van der Waals surface area contributed by atoms with E-state index in [1.165, 1.54) is 11.5 Å². The first-order valence-corrected chi connectivity index (χ1v) is 6.20. The van der Waals surface area contributed by atoms with Crippen molar-refractivity contribution in [3.05, 3.63) is 40.7 Å². The highest BCUT2D eigenvalue weighted by atomic mass is 32.1. The minimum absolute atomic E-state index is 0.156. The molecule has 17 heavy (non-hydrogen) atoms. The van der Waals surface area contributed by atoms with Gasteiger partial charge in [-0.1, -0.05) is 41.9 Å². The molecule has 1 heterocycles. The Balaban J connectivity index is 2.63. The molecular formula is C13H15NO2S. The molecule has 90 valence electrons. The third-order valence-corrected chi connectivity index (χ3v) is 3.94. The molecule has 1 aromatic heterocycles. The molecule has 0 aliphatic carbocycles. The van der Waals surface area contributed by atoms with E-state index in [1.54, 1.807) is 3.96 Å². The first-order chi connectivity index (χ1) is 7.91. The summed E-state index contributed by atoms with van der Waals surface area (Å²) in [6.07, 6.45) is 0. The molecule has 0 radical (unpaired) electrons. The van der Waals surface area contributed by atoms with Crippen LogP contribution in [0.2, 0.25) is 0 Å². The molecule has 3 nitrogen and oxygen atoms in total. The van der Waals surface area contributed by atoms with Crippen LogP contribution in [-0.2, 0) is 5.54 Å². The maximum absolute atomic E-state index is 11.9. The van der Waals surface area contributed by atoms with E-state index in [1.807, 2.05) is 51.1 Å². The van der Waals surface area contributed by atoms with Crippen molar-refractivity contribution in [2.45, 2.75) is 26.3 Å². The van der Waals surface area contributed by atoms with Crippen molar-refractivity contribution in [2.75, 3.05) is 0 Å². The van der Waals surface area contributed by atoms with Gasteiger partial charge in [0, 0.05) is 0 Å². The minimum atomic E-state index is -0.318. The predicted octanol–water partition coefficient (Wildman–Crippen LogP) is 3.04. The lowest BCUT2D eigenvalue weighted by molar-refractivity contribution is 0.403. The molecule has 0 fully saturated rings. The van der Waals surface area contributed by atoms with Gasteiger partial charge in [0.25, 0.3) is 0 Å². The summed E-state index contributed by atoms with van der Waals surface area (Å²) in [6, 6.07) is 9.46. The zero-order valence-corrected chi connectivity index (χ0v) is 10.9. The highest BCUT2D eigenvalue weighted by Crippen LogP contribution is 2.33. The summed E-state index contributed by atoms with van der Waals surface area (Å²) in [7, 11) is 0. The van der Waals surface area contributed by atoms with Gasteiger partial charge in [0.2, 0.25) is 5.75 Å². The number of hydrogen-bond donors (Lipinski definition) is 1. The lowest BCUT2D eigenvalue weighted by Crippen LogP contribution is -2.28. The molecule has 1 aromatic carbocycles. The molecular weight excluding hydrogens is 234 g/mol. The first kappa shape index (κ1) is 11.9. The van der Waals surface area contributed by atoms with E-state index >= 15 is 0 Å². The first-order valence-electron chi connectivity index (χ1n) is 5.42. The molecule has 0 aliphatic rings. The number of aromatic nitrogens is 1. The molecule has 0 aliphatic heterocycles. The number of aromatic hydroxyl groups is 1. The van der Waals surface area contributed by atoms with Gasteiger partial charge in [-0.05, 0) is 26.3 Å². The Morgan fingerprint density at radius 3 is 2.24 bits per heavy atom. The molecule has 0 saturated carbocycles. The summed E-state index contributed by atoms with van der Waals surface area (Å²) < 4.78 is 1.60. The van der Waals surface area contributed by atoms with Crippen LogP contribution in [0.15, 0.2) is 35.1 Å². The Hall–Kier alpha value is -1.55. The molecule has 2 rings (SSSR count). The van der Waals surface area contributed by atoms with Gasteiger partial charge >= 0.3 is 5.56 Å². The Kier molecular flexibility index (Phi) is 2.83. The molecule has 0 unspecified atom stereocenters. The highest BCUT2D eigenvalue weighted by molar-refractivity contribution is 7.10. The van der Waals surface area contributed by atoms with Gasteiger partial charge in [0.1, 0.15) is 0 Å². The van der Waals surface area contributed by atoms with Gasteiger partial charge in [0.05, 0.1) is 10.4 Å². The van der Waals surface area contributed by atoms with Crippen molar-refractivity contribution in [1.29, 1.82) is 0 Å². The summed E-state index contributed by atoms with van der Waals surface area (Å²) in [6.45, 7) is 5.83. The van der Waals surface area contributed by atoms with E-state index < -0.39 is 0 Å². The number of nitrogens with zero attached hydrogens (tertiary/aromatic N) is 1. The summed E-state index contributed by atoms with van der Waals surface area (Å²) in [4.78, 5) is 12.6. The fourth-order valence-electron chi connectivity index (χ4n) is 1.59. The predicted molar refractivity (Wildman–Crippen MR) is 70.7 cm³/mol. The van der Waals surface area contributed by atoms with Gasteiger partial charge in [-0.3, -0.25) is 8.75 Å². The lowest BCUT2D eigenvalue weighted by Gasteiger charge is -2.17. The fraction of sp³-hybridized carbons (Fsp3) is 0.308. The van der Waals surface area contributed by atoms with E-state index in [2.05, 4.69) is 0 Å². The third-order valence-electron chi connectivity index (χ3n) is 2.43. The fourth-order valence-corrected chi connectivity index (χ4v) is 2.63. The minimum Gasteiger partial charge on any atom is -0.502 e. The quantitative estimate of drug-likeness (QED) is 0.844. The summed E-state index contributed by atoms with van der Waals surface area (Å²) in [5, 5.41) is 9.91. The zero-order valence-electron chi connectivity index (χ0n) is 10.1. The van der Waals surface area contributed by atoms with Crippen LogP contribution in [0.3, 0.4) is 0 Å². The van der Waals surface area contributed by atoms with Crippen LogP contribution in [0.4, 0.5) is 0 Å². The Morgan fingerprint density at radius 2 is 1.76 bits per heavy atom. The Bertz CT molecular complexity index is 576. The molecule has 2 aromatic rings. The molecule has 1 N–H and O–H groups in total. The molecule has 0 spiro atoms. The van der Waals surface area contributed by atoms with Gasteiger partial charge in [0.15, 0.2) is 0 Å². The van der Waals surface area contributed by atoms with E-state index in [4.69, 9.17) is 0 Å². The van der Waals surface area contributed by atoms with Crippen LogP contribution < -0.4 is 5.56 Å². The van der Waals surface area contributed by atoms with Crippen LogP contribution in [-0.4, -0.2) is 9.06 Å². The second kappa shape index (κ2) is 4.04. The standard InChI is InChI=1S/C13H15NO2S/c1-13(2,3)14-12(16)10(15)11(17-14)9-7-5-4-6-8-9/h4-8,15H,1-3H3. The van der Waals surface area contributed by atoms with Crippen LogP contribution in [0, 0.1) is 0 Å². The zero-order chi connectivity index (χ0) is 12.6. The third kappa shape index (κ3) is 2.13. The molecule has 0 amide bonds. The second-order valence-corrected chi connectivity index (χ2v) is 5.86. The van der Waals surface area contributed by atoms with Crippen LogP contribution >= 0.6 is 11.5 Å². The SMILES string of the molecule is CC(C)(C)n1sc(-c2ccccc2)c(O)c1=O. The van der Waals surface area contributed by atoms with Crippen LogP contribution in [0.25, 0.3) is 10.4 Å². The lowest BCUT2D eigenvalue weighted by atomic mass is 10.1. The highest BCUT2D eigenvalue weighted by Gasteiger charge is 2.23. The van der Waals surface area contributed by atoms with E-state index in [-0.39, 0.29) is 16.8 Å². The van der Waals surface area contributed by atoms with Crippen molar-refractivity contribution >= 4 is 11.5 Å². The normalized spacial score (nSPS) is 11.7. The van der Waals surface area contributed by atoms with Crippen molar-refractivity contribution in [2.24, 2.45) is 0 Å². The Labute approximate surface area is 104 Å². The van der Waals surface area contributed by atoms with Crippen molar-refractivity contribution in [1.82, 2.24) is 3.96 Å². The summed E-state index contributed by atoms with van der Waals surface area (Å²) in [5.74, 6) is -0.156. The molecule has 4 heteroatoms. The summed E-state index contributed by atoms with van der Waals surface area (Å²) in [5.41, 5.74) is 0.239. The number of hydrogen-bond acceptors (Lipinski definition) is 3.